The molecule has 2 aromatic rings. The highest BCUT2D eigenvalue weighted by Gasteiger charge is 2.20. The van der Waals surface area contributed by atoms with Gasteiger partial charge in [-0.2, -0.15) is 0 Å². The second-order valence-electron chi connectivity index (χ2n) is 5.66. The van der Waals surface area contributed by atoms with Crippen molar-refractivity contribution in [3.63, 3.8) is 0 Å². The lowest BCUT2D eigenvalue weighted by Gasteiger charge is -2.32. The van der Waals surface area contributed by atoms with Gasteiger partial charge in [0.15, 0.2) is 0 Å². The van der Waals surface area contributed by atoms with Gasteiger partial charge in [-0.1, -0.05) is 12.1 Å². The van der Waals surface area contributed by atoms with Gasteiger partial charge in [0, 0.05) is 49.7 Å². The molecule has 0 atom stereocenters. The fourth-order valence-electron chi connectivity index (χ4n) is 2.63. The number of carbonyl (C=O) groups is 1. The summed E-state index contributed by atoms with van der Waals surface area (Å²) in [5.41, 5.74) is 3.97. The Labute approximate surface area is 130 Å². The molecule has 1 saturated heterocycles. The number of piperazine rings is 1. The monoisotopic (exact) mass is 296 g/mol. The number of nitrogens with two attached hydrogens (primary N) is 1. The molecule has 0 unspecified atom stereocenters. The summed E-state index contributed by atoms with van der Waals surface area (Å²) in [6.07, 6.45) is 3.67. The Morgan fingerprint density at radius 3 is 2.36 bits per heavy atom. The first-order chi connectivity index (χ1) is 10.6. The van der Waals surface area contributed by atoms with Crippen molar-refractivity contribution < 1.29 is 4.79 Å². The third kappa shape index (κ3) is 3.16. The number of benzene rings is 1. The maximum atomic E-state index is 12.5. The van der Waals surface area contributed by atoms with Gasteiger partial charge in [0.25, 0.3) is 5.91 Å². The van der Waals surface area contributed by atoms with Crippen LogP contribution in [-0.4, -0.2) is 47.0 Å². The molecular weight excluding hydrogens is 276 g/mol. The van der Waals surface area contributed by atoms with Crippen molar-refractivity contribution in [2.75, 3.05) is 26.2 Å². The maximum absolute atomic E-state index is 12.5. The van der Waals surface area contributed by atoms with Gasteiger partial charge >= 0.3 is 0 Å². The van der Waals surface area contributed by atoms with Crippen LogP contribution in [0.5, 0.6) is 0 Å². The average Bonchev–Trinajstić information content (AvgIpc) is 2.55. The van der Waals surface area contributed by atoms with E-state index in [0.717, 1.165) is 35.3 Å². The van der Waals surface area contributed by atoms with Crippen LogP contribution in [0.3, 0.4) is 0 Å². The van der Waals surface area contributed by atoms with E-state index in [4.69, 9.17) is 5.84 Å². The predicted octanol–water partition coefficient (Wildman–Crippen LogP) is 1.69. The zero-order valence-corrected chi connectivity index (χ0v) is 12.7. The largest absolute Gasteiger partial charge is 0.336 e. The second kappa shape index (κ2) is 6.25. The quantitative estimate of drug-likeness (QED) is 0.857. The van der Waals surface area contributed by atoms with Crippen molar-refractivity contribution in [1.29, 1.82) is 0 Å². The SMILES string of the molecule is Cc1cncc(-c2ccc(C(=O)N3CCN(N)CC3)cc2)c1. The lowest BCUT2D eigenvalue weighted by Crippen LogP contribution is -2.51. The van der Waals surface area contributed by atoms with Gasteiger partial charge in [0.1, 0.15) is 0 Å². The molecule has 3 rings (SSSR count). The van der Waals surface area contributed by atoms with E-state index >= 15 is 0 Å². The van der Waals surface area contributed by atoms with Gasteiger partial charge in [-0.25, -0.2) is 5.01 Å². The zero-order valence-electron chi connectivity index (χ0n) is 12.7. The Balaban J connectivity index is 1.75. The van der Waals surface area contributed by atoms with Crippen LogP contribution >= 0.6 is 0 Å². The van der Waals surface area contributed by atoms with Crippen LogP contribution < -0.4 is 5.84 Å². The van der Waals surface area contributed by atoms with Crippen LogP contribution in [0.1, 0.15) is 15.9 Å². The fraction of sp³-hybridized carbons (Fsp3) is 0.294. The molecule has 1 aliphatic heterocycles. The van der Waals surface area contributed by atoms with E-state index in [0.29, 0.717) is 13.1 Å². The number of hydrogen-bond acceptors (Lipinski definition) is 4. The molecule has 0 spiro atoms. The highest BCUT2D eigenvalue weighted by molar-refractivity contribution is 5.94. The van der Waals surface area contributed by atoms with Crippen molar-refractivity contribution in [2.24, 2.45) is 5.84 Å². The zero-order chi connectivity index (χ0) is 15.5. The summed E-state index contributed by atoms with van der Waals surface area (Å²) < 4.78 is 0. The molecule has 0 saturated carbocycles. The first-order valence-corrected chi connectivity index (χ1v) is 7.44. The van der Waals surface area contributed by atoms with Crippen LogP contribution in [0.4, 0.5) is 0 Å². The maximum Gasteiger partial charge on any atom is 0.253 e. The smallest absolute Gasteiger partial charge is 0.253 e. The van der Waals surface area contributed by atoms with Crippen molar-refractivity contribution >= 4 is 5.91 Å². The number of rotatable bonds is 2. The molecule has 1 aromatic carbocycles. The van der Waals surface area contributed by atoms with Crippen molar-refractivity contribution in [3.8, 4) is 11.1 Å². The molecule has 1 aromatic heterocycles. The lowest BCUT2D eigenvalue weighted by atomic mass is 10.0. The first-order valence-electron chi connectivity index (χ1n) is 7.44. The van der Waals surface area contributed by atoms with Gasteiger partial charge in [0.05, 0.1) is 0 Å². The standard InChI is InChI=1S/C17H20N4O/c1-13-10-16(12-19-11-13)14-2-4-15(5-3-14)17(22)20-6-8-21(18)9-7-20/h2-5,10-12H,6-9,18H2,1H3. The Morgan fingerprint density at radius 2 is 1.73 bits per heavy atom. The molecule has 1 amide bonds. The number of aryl methyl sites for hydroxylation is 1. The number of amides is 1. The van der Waals surface area contributed by atoms with Gasteiger partial charge in [-0.05, 0) is 36.2 Å². The van der Waals surface area contributed by atoms with E-state index in [9.17, 15) is 4.79 Å². The Bertz CT molecular complexity index is 661. The molecule has 1 fully saturated rings. The Kier molecular flexibility index (Phi) is 4.18. The van der Waals surface area contributed by atoms with Gasteiger partial charge in [-0.3, -0.25) is 15.6 Å². The molecule has 2 N–H and O–H groups in total. The molecular formula is C17H20N4O. The summed E-state index contributed by atoms with van der Waals surface area (Å²) in [6.45, 7) is 4.82. The molecule has 0 bridgehead atoms. The molecule has 1 aliphatic rings. The van der Waals surface area contributed by atoms with Gasteiger partial charge < -0.3 is 4.90 Å². The van der Waals surface area contributed by atoms with E-state index in [1.165, 1.54) is 0 Å². The molecule has 5 heteroatoms. The molecule has 114 valence electrons. The number of nitrogens with zero attached hydrogens (tertiary/aromatic N) is 3. The minimum absolute atomic E-state index is 0.0713. The molecule has 2 heterocycles. The van der Waals surface area contributed by atoms with Crippen LogP contribution in [-0.2, 0) is 0 Å². The number of aromatic nitrogens is 1. The van der Waals surface area contributed by atoms with E-state index in [2.05, 4.69) is 11.1 Å². The average molecular weight is 296 g/mol. The van der Waals surface area contributed by atoms with Gasteiger partial charge in [0.2, 0.25) is 0 Å². The number of hydrogen-bond donors (Lipinski definition) is 1. The lowest BCUT2D eigenvalue weighted by molar-refractivity contribution is 0.0638. The minimum Gasteiger partial charge on any atom is -0.336 e. The molecule has 22 heavy (non-hydrogen) atoms. The molecule has 0 radical (unpaired) electrons. The summed E-state index contributed by atoms with van der Waals surface area (Å²) in [6, 6.07) is 9.81. The van der Waals surface area contributed by atoms with Crippen molar-refractivity contribution in [1.82, 2.24) is 14.9 Å². The molecule has 0 aliphatic carbocycles. The number of pyridine rings is 1. The van der Waals surface area contributed by atoms with E-state index in [1.54, 1.807) is 5.01 Å². The summed E-state index contributed by atoms with van der Waals surface area (Å²) >= 11 is 0. The van der Waals surface area contributed by atoms with E-state index in [1.807, 2.05) is 48.5 Å². The first kappa shape index (κ1) is 14.7. The highest BCUT2D eigenvalue weighted by Crippen LogP contribution is 2.20. The van der Waals surface area contributed by atoms with E-state index in [-0.39, 0.29) is 5.91 Å². The molecule has 5 nitrogen and oxygen atoms in total. The summed E-state index contributed by atoms with van der Waals surface area (Å²) in [4.78, 5) is 18.5. The Hall–Kier alpha value is -2.24. The summed E-state index contributed by atoms with van der Waals surface area (Å²) in [5, 5.41) is 1.75. The van der Waals surface area contributed by atoms with Crippen LogP contribution in [0.25, 0.3) is 11.1 Å². The third-order valence-corrected chi connectivity index (χ3v) is 3.94. The van der Waals surface area contributed by atoms with E-state index < -0.39 is 0 Å². The Morgan fingerprint density at radius 1 is 1.05 bits per heavy atom. The fourth-order valence-corrected chi connectivity index (χ4v) is 2.63. The van der Waals surface area contributed by atoms with Crippen LogP contribution in [0, 0.1) is 6.92 Å². The summed E-state index contributed by atoms with van der Waals surface area (Å²) in [5.74, 6) is 5.79. The summed E-state index contributed by atoms with van der Waals surface area (Å²) in [7, 11) is 0. The van der Waals surface area contributed by atoms with Crippen LogP contribution in [0.2, 0.25) is 0 Å². The second-order valence-corrected chi connectivity index (χ2v) is 5.66. The topological polar surface area (TPSA) is 62.5 Å². The minimum atomic E-state index is 0.0713. The predicted molar refractivity (Wildman–Crippen MR) is 86.1 cm³/mol. The number of carbonyl (C=O) groups excluding carboxylic acids is 1. The van der Waals surface area contributed by atoms with Crippen molar-refractivity contribution in [3.05, 3.63) is 53.9 Å². The van der Waals surface area contributed by atoms with Gasteiger partial charge in [-0.15, -0.1) is 0 Å². The normalized spacial score (nSPS) is 15.8. The van der Waals surface area contributed by atoms with Crippen LogP contribution in [0.15, 0.2) is 42.7 Å². The highest BCUT2D eigenvalue weighted by atomic mass is 16.2. The number of hydrazine groups is 1. The van der Waals surface area contributed by atoms with Crippen molar-refractivity contribution in [2.45, 2.75) is 6.92 Å². The third-order valence-electron chi connectivity index (χ3n) is 3.94.